The number of likely N-dealkylation sites (tertiary alicyclic amines) is 2. The second-order valence-electron chi connectivity index (χ2n) is 7.72. The van der Waals surface area contributed by atoms with Crippen molar-refractivity contribution in [3.05, 3.63) is 0 Å². The summed E-state index contributed by atoms with van der Waals surface area (Å²) in [5.41, 5.74) is 6.53. The van der Waals surface area contributed by atoms with E-state index in [0.29, 0.717) is 6.04 Å². The average molecular weight is 267 g/mol. The topological polar surface area (TPSA) is 32.5 Å². The van der Waals surface area contributed by atoms with Crippen molar-refractivity contribution in [2.75, 3.05) is 39.3 Å². The second-order valence-corrected chi connectivity index (χ2v) is 7.72. The summed E-state index contributed by atoms with van der Waals surface area (Å²) in [4.78, 5) is 5.25. The zero-order valence-corrected chi connectivity index (χ0v) is 13.2. The first-order valence-electron chi connectivity index (χ1n) is 8.15. The Labute approximate surface area is 119 Å². The summed E-state index contributed by atoms with van der Waals surface area (Å²) in [6, 6.07) is 0.294. The molecule has 112 valence electrons. The van der Waals surface area contributed by atoms with Gasteiger partial charge in [-0.15, -0.1) is 0 Å². The van der Waals surface area contributed by atoms with E-state index >= 15 is 0 Å². The Kier molecular flexibility index (Phi) is 5.27. The summed E-state index contributed by atoms with van der Waals surface area (Å²) in [5, 5.41) is 0. The second kappa shape index (κ2) is 6.55. The molecule has 2 heterocycles. The smallest absolute Gasteiger partial charge is 0.0217 e. The molecule has 0 radical (unpaired) electrons. The van der Waals surface area contributed by atoms with Crippen molar-refractivity contribution in [1.82, 2.24) is 9.80 Å². The van der Waals surface area contributed by atoms with Gasteiger partial charge in [-0.3, -0.25) is 0 Å². The Hall–Kier alpha value is -0.120. The Bertz CT molecular complexity index is 258. The third kappa shape index (κ3) is 4.73. The molecule has 0 spiro atoms. The number of hydrogen-bond acceptors (Lipinski definition) is 3. The maximum atomic E-state index is 6.30. The summed E-state index contributed by atoms with van der Waals surface area (Å²) in [6.45, 7) is 14.3. The quantitative estimate of drug-likeness (QED) is 0.847. The summed E-state index contributed by atoms with van der Waals surface area (Å²) in [6.07, 6.45) is 5.57. The van der Waals surface area contributed by atoms with Gasteiger partial charge in [0.1, 0.15) is 0 Å². The predicted octanol–water partition coefficient (Wildman–Crippen LogP) is 2.17. The van der Waals surface area contributed by atoms with Crippen LogP contribution in [0.5, 0.6) is 0 Å². The third-order valence-corrected chi connectivity index (χ3v) is 4.99. The van der Waals surface area contributed by atoms with E-state index in [-0.39, 0.29) is 5.41 Å². The highest BCUT2D eigenvalue weighted by atomic mass is 15.2. The molecule has 2 rings (SSSR count). The Morgan fingerprint density at radius 1 is 1.00 bits per heavy atom. The van der Waals surface area contributed by atoms with Crippen LogP contribution in [-0.4, -0.2) is 55.1 Å². The van der Waals surface area contributed by atoms with Crippen LogP contribution in [0.4, 0.5) is 0 Å². The van der Waals surface area contributed by atoms with Crippen molar-refractivity contribution in [3.63, 3.8) is 0 Å². The minimum atomic E-state index is 0.229. The van der Waals surface area contributed by atoms with Crippen LogP contribution in [0.1, 0.15) is 46.5 Å². The summed E-state index contributed by atoms with van der Waals surface area (Å²) in [5.74, 6) is 0.931. The van der Waals surface area contributed by atoms with Crippen LogP contribution in [0.15, 0.2) is 0 Å². The lowest BCUT2D eigenvalue weighted by molar-refractivity contribution is 0.130. The summed E-state index contributed by atoms with van der Waals surface area (Å²) < 4.78 is 0. The molecule has 3 heteroatoms. The molecule has 1 unspecified atom stereocenters. The van der Waals surface area contributed by atoms with Gasteiger partial charge in [-0.25, -0.2) is 0 Å². The van der Waals surface area contributed by atoms with Crippen molar-refractivity contribution in [2.24, 2.45) is 17.1 Å². The largest absolute Gasteiger partial charge is 0.326 e. The molecule has 3 nitrogen and oxygen atoms in total. The van der Waals surface area contributed by atoms with Crippen LogP contribution in [-0.2, 0) is 0 Å². The standard InChI is InChI=1S/C16H33N3/c1-16(2,3)15(17)13-19-10-6-14(7-11-19)12-18-8-4-5-9-18/h14-15H,4-13,17H2,1-3H3. The van der Waals surface area contributed by atoms with E-state index < -0.39 is 0 Å². The first kappa shape index (κ1) is 15.3. The fourth-order valence-electron chi connectivity index (χ4n) is 3.23. The molecule has 2 N–H and O–H groups in total. The Balaban J connectivity index is 1.67. The van der Waals surface area contributed by atoms with Gasteiger partial charge in [0.2, 0.25) is 0 Å². The molecule has 2 saturated heterocycles. The van der Waals surface area contributed by atoms with Gasteiger partial charge in [0.15, 0.2) is 0 Å². The van der Waals surface area contributed by atoms with Crippen LogP contribution in [0.2, 0.25) is 0 Å². The fourth-order valence-corrected chi connectivity index (χ4v) is 3.23. The van der Waals surface area contributed by atoms with Crippen LogP contribution in [0.3, 0.4) is 0 Å². The number of nitrogens with two attached hydrogens (primary N) is 1. The van der Waals surface area contributed by atoms with Gasteiger partial charge in [-0.2, -0.15) is 0 Å². The lowest BCUT2D eigenvalue weighted by Crippen LogP contribution is -2.48. The number of hydrogen-bond donors (Lipinski definition) is 1. The maximum absolute atomic E-state index is 6.30. The highest BCUT2D eigenvalue weighted by Crippen LogP contribution is 2.23. The molecule has 0 amide bonds. The van der Waals surface area contributed by atoms with Crippen molar-refractivity contribution in [3.8, 4) is 0 Å². The molecule has 1 atom stereocenters. The lowest BCUT2D eigenvalue weighted by Gasteiger charge is -2.37. The van der Waals surface area contributed by atoms with Crippen LogP contribution < -0.4 is 5.73 Å². The molecule has 0 aromatic heterocycles. The zero-order valence-electron chi connectivity index (χ0n) is 13.2. The number of piperidine rings is 1. The molecule has 19 heavy (non-hydrogen) atoms. The molecule has 0 saturated carbocycles. The van der Waals surface area contributed by atoms with E-state index in [2.05, 4.69) is 30.6 Å². The first-order valence-corrected chi connectivity index (χ1v) is 8.15. The van der Waals surface area contributed by atoms with Crippen LogP contribution in [0, 0.1) is 11.3 Å². The van der Waals surface area contributed by atoms with Gasteiger partial charge in [0.05, 0.1) is 0 Å². The molecule has 0 aromatic rings. The summed E-state index contributed by atoms with van der Waals surface area (Å²) in [7, 11) is 0. The van der Waals surface area contributed by atoms with Gasteiger partial charge >= 0.3 is 0 Å². The Morgan fingerprint density at radius 3 is 2.11 bits per heavy atom. The molecule has 0 bridgehead atoms. The molecule has 2 aliphatic heterocycles. The minimum absolute atomic E-state index is 0.229. The van der Waals surface area contributed by atoms with Gasteiger partial charge in [0.25, 0.3) is 0 Å². The predicted molar refractivity (Wildman–Crippen MR) is 82.3 cm³/mol. The molecular formula is C16H33N3. The van der Waals surface area contributed by atoms with Gasteiger partial charge in [0, 0.05) is 19.1 Å². The highest BCUT2D eigenvalue weighted by Gasteiger charge is 2.27. The van der Waals surface area contributed by atoms with E-state index in [1.54, 1.807) is 0 Å². The molecule has 0 aliphatic carbocycles. The Morgan fingerprint density at radius 2 is 1.58 bits per heavy atom. The van der Waals surface area contributed by atoms with Gasteiger partial charge in [-0.05, 0) is 63.2 Å². The minimum Gasteiger partial charge on any atom is -0.326 e. The van der Waals surface area contributed by atoms with Crippen LogP contribution >= 0.6 is 0 Å². The van der Waals surface area contributed by atoms with Crippen molar-refractivity contribution < 1.29 is 0 Å². The van der Waals surface area contributed by atoms with Crippen molar-refractivity contribution in [2.45, 2.75) is 52.5 Å². The zero-order chi connectivity index (χ0) is 13.9. The van der Waals surface area contributed by atoms with E-state index in [4.69, 9.17) is 5.73 Å². The van der Waals surface area contributed by atoms with Crippen LogP contribution in [0.25, 0.3) is 0 Å². The average Bonchev–Trinajstić information content (AvgIpc) is 2.83. The van der Waals surface area contributed by atoms with Gasteiger partial charge < -0.3 is 15.5 Å². The monoisotopic (exact) mass is 267 g/mol. The third-order valence-electron chi connectivity index (χ3n) is 4.99. The lowest BCUT2D eigenvalue weighted by atomic mass is 9.86. The fraction of sp³-hybridized carbons (Fsp3) is 1.00. The van der Waals surface area contributed by atoms with E-state index in [1.165, 1.54) is 58.4 Å². The van der Waals surface area contributed by atoms with Crippen molar-refractivity contribution >= 4 is 0 Å². The van der Waals surface area contributed by atoms with E-state index in [1.807, 2.05) is 0 Å². The molecule has 0 aromatic carbocycles. The number of nitrogens with zero attached hydrogens (tertiary/aromatic N) is 2. The summed E-state index contributed by atoms with van der Waals surface area (Å²) >= 11 is 0. The van der Waals surface area contributed by atoms with Crippen molar-refractivity contribution in [1.29, 1.82) is 0 Å². The molecule has 2 fully saturated rings. The SMILES string of the molecule is CC(C)(C)C(N)CN1CCC(CN2CCCC2)CC1. The highest BCUT2D eigenvalue weighted by molar-refractivity contribution is 4.83. The first-order chi connectivity index (χ1) is 8.95. The molecular weight excluding hydrogens is 234 g/mol. The number of rotatable bonds is 4. The maximum Gasteiger partial charge on any atom is 0.0217 e. The van der Waals surface area contributed by atoms with E-state index in [9.17, 15) is 0 Å². The van der Waals surface area contributed by atoms with E-state index in [0.717, 1.165) is 12.5 Å². The normalized spacial score (nSPS) is 25.9. The molecule has 2 aliphatic rings. The van der Waals surface area contributed by atoms with Gasteiger partial charge in [-0.1, -0.05) is 20.8 Å².